The van der Waals surface area contributed by atoms with E-state index in [1.807, 2.05) is 0 Å². The number of hydrogen-bond donors (Lipinski definition) is 0. The van der Waals surface area contributed by atoms with Gasteiger partial charge in [-0.1, -0.05) is 29.5 Å². The highest BCUT2D eigenvalue weighted by Gasteiger charge is 2.52. The SMILES string of the molecule is CC(I)C12CC3CC(CC(C3)C1)C2. The van der Waals surface area contributed by atoms with E-state index in [1.54, 1.807) is 38.5 Å². The Bertz CT molecular complexity index is 184. The van der Waals surface area contributed by atoms with Crippen LogP contribution < -0.4 is 0 Å². The third-order valence-corrected chi connectivity index (χ3v) is 6.25. The van der Waals surface area contributed by atoms with Crippen molar-refractivity contribution in [3.63, 3.8) is 0 Å². The summed E-state index contributed by atoms with van der Waals surface area (Å²) >= 11 is 2.69. The van der Waals surface area contributed by atoms with Gasteiger partial charge in [0.05, 0.1) is 0 Å². The number of alkyl halides is 1. The molecule has 1 unspecified atom stereocenters. The van der Waals surface area contributed by atoms with Crippen LogP contribution in [0.5, 0.6) is 0 Å². The molecule has 4 bridgehead atoms. The molecule has 0 aliphatic heterocycles. The zero-order chi connectivity index (χ0) is 9.05. The fourth-order valence-electron chi connectivity index (χ4n) is 4.66. The highest BCUT2D eigenvalue weighted by molar-refractivity contribution is 14.1. The lowest BCUT2D eigenvalue weighted by molar-refractivity contribution is -0.0485. The maximum Gasteiger partial charge on any atom is 0.0138 e. The minimum atomic E-state index is 0.787. The molecule has 0 radical (unpaired) electrons. The fourth-order valence-corrected chi connectivity index (χ4v) is 5.43. The summed E-state index contributed by atoms with van der Waals surface area (Å²) in [4.78, 5) is 0. The molecule has 0 saturated heterocycles. The van der Waals surface area contributed by atoms with Gasteiger partial charge in [-0.05, 0) is 61.7 Å². The van der Waals surface area contributed by atoms with Gasteiger partial charge in [0.15, 0.2) is 0 Å². The molecule has 0 nitrogen and oxygen atoms in total. The van der Waals surface area contributed by atoms with E-state index in [-0.39, 0.29) is 0 Å². The van der Waals surface area contributed by atoms with Gasteiger partial charge >= 0.3 is 0 Å². The van der Waals surface area contributed by atoms with Gasteiger partial charge in [-0.15, -0.1) is 0 Å². The van der Waals surface area contributed by atoms with Gasteiger partial charge < -0.3 is 0 Å². The van der Waals surface area contributed by atoms with Crippen LogP contribution in [-0.4, -0.2) is 3.92 Å². The summed E-state index contributed by atoms with van der Waals surface area (Å²) in [6.07, 6.45) is 9.48. The van der Waals surface area contributed by atoms with Gasteiger partial charge in [-0.3, -0.25) is 0 Å². The highest BCUT2D eigenvalue weighted by atomic mass is 127. The number of rotatable bonds is 1. The lowest BCUT2D eigenvalue weighted by atomic mass is 9.49. The van der Waals surface area contributed by atoms with Gasteiger partial charge in [0.25, 0.3) is 0 Å². The minimum absolute atomic E-state index is 0.787. The van der Waals surface area contributed by atoms with Crippen molar-refractivity contribution in [2.75, 3.05) is 0 Å². The molecule has 0 amide bonds. The molecule has 0 aromatic heterocycles. The van der Waals surface area contributed by atoms with Gasteiger partial charge in [-0.2, -0.15) is 0 Å². The van der Waals surface area contributed by atoms with E-state index in [0.717, 1.165) is 27.1 Å². The van der Waals surface area contributed by atoms with Crippen molar-refractivity contribution < 1.29 is 0 Å². The first-order valence-corrected chi connectivity index (χ1v) is 7.06. The van der Waals surface area contributed by atoms with Crippen molar-refractivity contribution in [3.05, 3.63) is 0 Å². The molecule has 4 saturated carbocycles. The molecule has 1 heteroatoms. The second-order valence-corrected chi connectivity index (χ2v) is 7.76. The van der Waals surface area contributed by atoms with E-state index in [0.29, 0.717) is 0 Å². The summed E-state index contributed by atoms with van der Waals surface area (Å²) in [6.45, 7) is 2.45. The molecule has 0 N–H and O–H groups in total. The van der Waals surface area contributed by atoms with Gasteiger partial charge in [0.1, 0.15) is 0 Å². The number of hydrogen-bond acceptors (Lipinski definition) is 0. The van der Waals surface area contributed by atoms with E-state index in [4.69, 9.17) is 0 Å². The average molecular weight is 290 g/mol. The molecule has 13 heavy (non-hydrogen) atoms. The monoisotopic (exact) mass is 290 g/mol. The molecule has 0 aromatic rings. The van der Waals surface area contributed by atoms with E-state index in [9.17, 15) is 0 Å². The number of halogens is 1. The Labute approximate surface area is 95.0 Å². The molecule has 0 spiro atoms. The summed E-state index contributed by atoms with van der Waals surface area (Å²) < 4.78 is 0.915. The van der Waals surface area contributed by atoms with Crippen LogP contribution >= 0.6 is 22.6 Å². The summed E-state index contributed by atoms with van der Waals surface area (Å²) in [6, 6.07) is 0. The average Bonchev–Trinajstić information content (AvgIpc) is 2.00. The van der Waals surface area contributed by atoms with Crippen LogP contribution in [0, 0.1) is 23.2 Å². The Morgan fingerprint density at radius 3 is 1.69 bits per heavy atom. The summed E-state index contributed by atoms with van der Waals surface area (Å²) in [7, 11) is 0. The van der Waals surface area contributed by atoms with E-state index in [2.05, 4.69) is 29.5 Å². The smallest absolute Gasteiger partial charge is 0.0138 e. The van der Waals surface area contributed by atoms with Crippen LogP contribution in [0.15, 0.2) is 0 Å². The molecule has 0 aromatic carbocycles. The van der Waals surface area contributed by atoms with Crippen LogP contribution in [0.3, 0.4) is 0 Å². The van der Waals surface area contributed by atoms with Crippen LogP contribution in [0.4, 0.5) is 0 Å². The van der Waals surface area contributed by atoms with Gasteiger partial charge in [0.2, 0.25) is 0 Å². The zero-order valence-corrected chi connectivity index (χ0v) is 10.6. The highest BCUT2D eigenvalue weighted by Crippen LogP contribution is 2.62. The second-order valence-electron chi connectivity index (χ2n) is 5.90. The van der Waals surface area contributed by atoms with Crippen molar-refractivity contribution in [3.8, 4) is 0 Å². The summed E-state index contributed by atoms with van der Waals surface area (Å²) in [5.74, 6) is 3.38. The van der Waals surface area contributed by atoms with Crippen molar-refractivity contribution >= 4 is 22.6 Å². The van der Waals surface area contributed by atoms with Gasteiger partial charge in [-0.25, -0.2) is 0 Å². The minimum Gasteiger partial charge on any atom is -0.0823 e. The van der Waals surface area contributed by atoms with Crippen molar-refractivity contribution in [2.24, 2.45) is 23.2 Å². The fraction of sp³-hybridized carbons (Fsp3) is 1.00. The van der Waals surface area contributed by atoms with Crippen LogP contribution in [-0.2, 0) is 0 Å². The maximum atomic E-state index is 2.69. The quantitative estimate of drug-likeness (QED) is 0.505. The maximum absolute atomic E-state index is 2.69. The molecule has 0 heterocycles. The largest absolute Gasteiger partial charge is 0.0823 e. The van der Waals surface area contributed by atoms with E-state index >= 15 is 0 Å². The first kappa shape index (κ1) is 8.99. The van der Waals surface area contributed by atoms with E-state index in [1.165, 1.54) is 0 Å². The Balaban J connectivity index is 1.91. The zero-order valence-electron chi connectivity index (χ0n) is 8.43. The summed E-state index contributed by atoms with van der Waals surface area (Å²) in [5.41, 5.74) is 0.787. The van der Waals surface area contributed by atoms with Crippen molar-refractivity contribution in [1.82, 2.24) is 0 Å². The predicted molar refractivity (Wildman–Crippen MR) is 64.1 cm³/mol. The standard InChI is InChI=1S/C12H19I/c1-8(13)12-5-9-2-10(6-12)4-11(3-9)7-12/h8-11H,2-7H2,1H3. The molecule has 4 aliphatic carbocycles. The molecular weight excluding hydrogens is 271 g/mol. The second kappa shape index (κ2) is 2.86. The lowest BCUT2D eigenvalue weighted by Crippen LogP contribution is -2.49. The van der Waals surface area contributed by atoms with E-state index < -0.39 is 0 Å². The predicted octanol–water partition coefficient (Wildman–Crippen LogP) is 4.03. The van der Waals surface area contributed by atoms with Crippen LogP contribution in [0.1, 0.15) is 45.4 Å². The Morgan fingerprint density at radius 2 is 1.38 bits per heavy atom. The Hall–Kier alpha value is 0.730. The molecule has 1 atom stereocenters. The molecule has 4 rings (SSSR count). The van der Waals surface area contributed by atoms with Crippen molar-refractivity contribution in [1.29, 1.82) is 0 Å². The molecule has 4 fully saturated rings. The Kier molecular flexibility index (Phi) is 1.98. The Morgan fingerprint density at radius 1 is 1.00 bits per heavy atom. The normalized spacial score (nSPS) is 55.4. The first-order valence-electron chi connectivity index (χ1n) is 5.82. The molecular formula is C12H19I. The van der Waals surface area contributed by atoms with Gasteiger partial charge in [0, 0.05) is 3.92 Å². The topological polar surface area (TPSA) is 0 Å². The molecule has 74 valence electrons. The third kappa shape index (κ3) is 1.29. The van der Waals surface area contributed by atoms with Crippen LogP contribution in [0.2, 0.25) is 0 Å². The lowest BCUT2D eigenvalue weighted by Gasteiger charge is -2.58. The van der Waals surface area contributed by atoms with Crippen LogP contribution in [0.25, 0.3) is 0 Å². The first-order chi connectivity index (χ1) is 6.18. The summed E-state index contributed by atoms with van der Waals surface area (Å²) in [5, 5.41) is 0. The molecule has 4 aliphatic rings. The third-order valence-electron chi connectivity index (χ3n) is 4.93. The van der Waals surface area contributed by atoms with Crippen molar-refractivity contribution in [2.45, 2.75) is 49.4 Å².